The predicted octanol–water partition coefficient (Wildman–Crippen LogP) is 2.63. The Morgan fingerprint density at radius 2 is 2.37 bits per heavy atom. The quantitative estimate of drug-likeness (QED) is 0.804. The Hall–Kier alpha value is -1.69. The first-order valence-corrected chi connectivity index (χ1v) is 7.45. The highest BCUT2D eigenvalue weighted by Gasteiger charge is 2.22. The van der Waals surface area contributed by atoms with Crippen LogP contribution in [0.15, 0.2) is 29.6 Å². The minimum Gasteiger partial charge on any atom is -0.281 e. The summed E-state index contributed by atoms with van der Waals surface area (Å²) in [6.07, 6.45) is 7.74. The molecule has 5 nitrogen and oxygen atoms in total. The summed E-state index contributed by atoms with van der Waals surface area (Å²) >= 11 is 1.80. The van der Waals surface area contributed by atoms with Crippen LogP contribution in [0, 0.1) is 0 Å². The number of hydrogen-bond acceptors (Lipinski definition) is 5. The molecule has 0 aliphatic carbocycles. The molecule has 2 aromatic rings. The van der Waals surface area contributed by atoms with Crippen molar-refractivity contribution in [2.45, 2.75) is 25.1 Å². The molecule has 6 heteroatoms. The van der Waals surface area contributed by atoms with Crippen molar-refractivity contribution in [3.8, 4) is 5.69 Å². The smallest absolute Gasteiger partial charge is 0.172 e. The monoisotopic (exact) mass is 273 g/mol. The standard InChI is InChI=1S/C13H15N5S/c1-2-3-7-19-13-12-17-16-9-18(12)11-5-4-6-14-10(11)8-15-13/h4-6,8-9,13H,2-3,7H2,1H3. The summed E-state index contributed by atoms with van der Waals surface area (Å²) in [5.74, 6) is 1.96. The highest BCUT2D eigenvalue weighted by molar-refractivity contribution is 7.99. The highest BCUT2D eigenvalue weighted by atomic mass is 32.2. The lowest BCUT2D eigenvalue weighted by Gasteiger charge is -2.10. The minimum absolute atomic E-state index is 0.00301. The van der Waals surface area contributed by atoms with Gasteiger partial charge in [-0.15, -0.1) is 22.0 Å². The lowest BCUT2D eigenvalue weighted by molar-refractivity contribution is 0.842. The molecular weight excluding hydrogens is 258 g/mol. The van der Waals surface area contributed by atoms with Gasteiger partial charge in [0.05, 0.1) is 11.9 Å². The third-order valence-corrected chi connectivity index (χ3v) is 4.15. The number of aliphatic imine (C=N–C) groups is 1. The number of nitrogens with zero attached hydrogens (tertiary/aromatic N) is 5. The highest BCUT2D eigenvalue weighted by Crippen LogP contribution is 2.32. The Kier molecular flexibility index (Phi) is 3.59. The first kappa shape index (κ1) is 12.3. The molecule has 3 heterocycles. The molecule has 1 aliphatic rings. The van der Waals surface area contributed by atoms with Crippen LogP contribution in [0.2, 0.25) is 0 Å². The van der Waals surface area contributed by atoms with Gasteiger partial charge < -0.3 is 0 Å². The number of rotatable bonds is 4. The van der Waals surface area contributed by atoms with Crippen molar-refractivity contribution in [1.29, 1.82) is 0 Å². The fourth-order valence-electron chi connectivity index (χ4n) is 1.97. The van der Waals surface area contributed by atoms with E-state index in [2.05, 4.69) is 27.1 Å². The molecule has 2 aromatic heterocycles. The zero-order valence-electron chi connectivity index (χ0n) is 10.7. The molecule has 19 heavy (non-hydrogen) atoms. The summed E-state index contributed by atoms with van der Waals surface area (Å²) in [4.78, 5) is 8.96. The van der Waals surface area contributed by atoms with E-state index in [1.54, 1.807) is 24.3 Å². The summed E-state index contributed by atoms with van der Waals surface area (Å²) in [6.45, 7) is 2.19. The molecule has 1 unspecified atom stereocenters. The zero-order valence-corrected chi connectivity index (χ0v) is 11.5. The van der Waals surface area contributed by atoms with Crippen LogP contribution in [0.3, 0.4) is 0 Å². The molecule has 1 aliphatic heterocycles. The third-order valence-electron chi connectivity index (χ3n) is 2.98. The van der Waals surface area contributed by atoms with Crippen molar-refractivity contribution >= 4 is 18.0 Å². The van der Waals surface area contributed by atoms with E-state index in [1.807, 2.05) is 22.9 Å². The molecule has 0 N–H and O–H groups in total. The van der Waals surface area contributed by atoms with Crippen LogP contribution < -0.4 is 0 Å². The van der Waals surface area contributed by atoms with Crippen molar-refractivity contribution in [1.82, 2.24) is 19.7 Å². The first-order chi connectivity index (χ1) is 9.40. The van der Waals surface area contributed by atoms with Gasteiger partial charge in [-0.3, -0.25) is 14.5 Å². The van der Waals surface area contributed by atoms with Crippen LogP contribution in [-0.2, 0) is 0 Å². The largest absolute Gasteiger partial charge is 0.281 e. The Morgan fingerprint density at radius 1 is 1.42 bits per heavy atom. The maximum atomic E-state index is 4.60. The summed E-state index contributed by atoms with van der Waals surface area (Å²) < 4.78 is 1.99. The van der Waals surface area contributed by atoms with Crippen LogP contribution >= 0.6 is 11.8 Å². The predicted molar refractivity (Wildman–Crippen MR) is 76.9 cm³/mol. The second-order valence-corrected chi connectivity index (χ2v) is 5.51. The van der Waals surface area contributed by atoms with Gasteiger partial charge in [-0.2, -0.15) is 0 Å². The van der Waals surface area contributed by atoms with Gasteiger partial charge in [0.2, 0.25) is 0 Å². The van der Waals surface area contributed by atoms with E-state index >= 15 is 0 Å². The second-order valence-electron chi connectivity index (χ2n) is 4.32. The Morgan fingerprint density at radius 3 is 3.26 bits per heavy atom. The molecule has 0 saturated carbocycles. The van der Waals surface area contributed by atoms with Gasteiger partial charge in [0.1, 0.15) is 12.0 Å². The molecule has 98 valence electrons. The van der Waals surface area contributed by atoms with Crippen molar-refractivity contribution in [3.05, 3.63) is 36.2 Å². The topological polar surface area (TPSA) is 56.0 Å². The van der Waals surface area contributed by atoms with E-state index < -0.39 is 0 Å². The van der Waals surface area contributed by atoms with Crippen LogP contribution in [0.4, 0.5) is 0 Å². The number of hydrogen-bond donors (Lipinski definition) is 0. The van der Waals surface area contributed by atoms with Crippen LogP contribution in [-0.4, -0.2) is 31.7 Å². The van der Waals surface area contributed by atoms with Gasteiger partial charge in [-0.25, -0.2) is 0 Å². The van der Waals surface area contributed by atoms with Crippen molar-refractivity contribution in [2.24, 2.45) is 4.99 Å². The normalized spacial score (nSPS) is 16.8. The summed E-state index contributed by atoms with van der Waals surface area (Å²) in [5.41, 5.74) is 1.85. The summed E-state index contributed by atoms with van der Waals surface area (Å²) in [5, 5.41) is 8.25. The Balaban J connectivity index is 1.96. The molecule has 0 saturated heterocycles. The van der Waals surface area contributed by atoms with Crippen molar-refractivity contribution in [2.75, 3.05) is 5.75 Å². The van der Waals surface area contributed by atoms with Gasteiger partial charge in [0, 0.05) is 6.20 Å². The van der Waals surface area contributed by atoms with Crippen molar-refractivity contribution in [3.63, 3.8) is 0 Å². The van der Waals surface area contributed by atoms with Gasteiger partial charge in [0.15, 0.2) is 11.2 Å². The van der Waals surface area contributed by atoms with E-state index in [4.69, 9.17) is 0 Å². The maximum Gasteiger partial charge on any atom is 0.172 e. The number of thioether (sulfide) groups is 1. The molecule has 0 fully saturated rings. The average molecular weight is 273 g/mol. The van der Waals surface area contributed by atoms with Gasteiger partial charge in [-0.1, -0.05) is 13.3 Å². The second kappa shape index (κ2) is 5.52. The fraction of sp³-hybridized carbons (Fsp3) is 0.385. The number of fused-ring (bicyclic) bond motifs is 3. The summed E-state index contributed by atoms with van der Waals surface area (Å²) in [7, 11) is 0. The maximum absolute atomic E-state index is 4.60. The molecule has 1 atom stereocenters. The average Bonchev–Trinajstić information content (AvgIpc) is 2.87. The molecule has 0 amide bonds. The van der Waals surface area contributed by atoms with Crippen LogP contribution in [0.1, 0.15) is 36.7 Å². The molecule has 0 radical (unpaired) electrons. The molecular formula is C13H15N5S. The third kappa shape index (κ3) is 2.40. The van der Waals surface area contributed by atoms with E-state index in [0.717, 1.165) is 23.0 Å². The van der Waals surface area contributed by atoms with Gasteiger partial charge in [0.25, 0.3) is 0 Å². The lowest BCUT2D eigenvalue weighted by Crippen LogP contribution is -2.03. The fourth-order valence-corrected chi connectivity index (χ4v) is 3.11. The molecule has 3 rings (SSSR count). The number of aromatic nitrogens is 4. The van der Waals surface area contributed by atoms with Crippen molar-refractivity contribution < 1.29 is 0 Å². The molecule has 0 spiro atoms. The molecule has 0 bridgehead atoms. The van der Waals surface area contributed by atoms with E-state index in [9.17, 15) is 0 Å². The first-order valence-electron chi connectivity index (χ1n) is 6.40. The molecule has 0 aromatic carbocycles. The van der Waals surface area contributed by atoms with Gasteiger partial charge in [-0.05, 0) is 24.3 Å². The van der Waals surface area contributed by atoms with Crippen LogP contribution in [0.5, 0.6) is 0 Å². The van der Waals surface area contributed by atoms with Crippen LogP contribution in [0.25, 0.3) is 5.69 Å². The van der Waals surface area contributed by atoms with E-state index in [-0.39, 0.29) is 5.37 Å². The van der Waals surface area contributed by atoms with E-state index in [1.165, 1.54) is 12.8 Å². The van der Waals surface area contributed by atoms with Gasteiger partial charge >= 0.3 is 0 Å². The Labute approximate surface area is 116 Å². The minimum atomic E-state index is 0.00301. The van der Waals surface area contributed by atoms with E-state index in [0.29, 0.717) is 0 Å². The SMILES string of the molecule is CCCCSC1N=Cc2ncccc2-n2cnnc21. The lowest BCUT2D eigenvalue weighted by atomic mass is 10.3. The number of pyridine rings is 1. The Bertz CT molecular complexity index is 592. The summed E-state index contributed by atoms with van der Waals surface area (Å²) in [6, 6.07) is 3.93. The zero-order chi connectivity index (χ0) is 13.1. The number of unbranched alkanes of at least 4 members (excludes halogenated alkanes) is 1.